The second-order valence-electron chi connectivity index (χ2n) is 7.12. The molecule has 0 aliphatic carbocycles. The van der Waals surface area contributed by atoms with E-state index in [2.05, 4.69) is 15.8 Å². The maximum Gasteiger partial charge on any atom is 0.269 e. The lowest BCUT2D eigenvalue weighted by molar-refractivity contribution is -0.384. The molecule has 0 aliphatic rings. The first-order valence-corrected chi connectivity index (χ1v) is 11.7. The minimum Gasteiger partial charge on any atom is -0.339 e. The molecule has 0 aliphatic heterocycles. The summed E-state index contributed by atoms with van der Waals surface area (Å²) in [7, 11) is 0. The van der Waals surface area contributed by atoms with Crippen molar-refractivity contribution < 1.29 is 14.5 Å². The number of nitro benzene ring substituents is 1. The molecule has 8 nitrogen and oxygen atoms in total. The molecule has 2 amide bonds. The number of halogens is 1. The molecule has 1 atom stereocenters. The van der Waals surface area contributed by atoms with Gasteiger partial charge in [-0.15, -0.1) is 0 Å². The first-order valence-electron chi connectivity index (χ1n) is 10.2. The lowest BCUT2D eigenvalue weighted by Crippen LogP contribution is -2.47. The van der Waals surface area contributed by atoms with Gasteiger partial charge in [0.25, 0.3) is 17.5 Å². The van der Waals surface area contributed by atoms with E-state index < -0.39 is 22.8 Å². The van der Waals surface area contributed by atoms with Gasteiger partial charge < -0.3 is 5.32 Å². The Bertz CT molecular complexity index is 1160. The Hall–Kier alpha value is -3.69. The number of amides is 2. The second kappa shape index (κ2) is 12.5. The van der Waals surface area contributed by atoms with Gasteiger partial charge in [-0.3, -0.25) is 19.7 Å². The van der Waals surface area contributed by atoms with Crippen molar-refractivity contribution in [3.8, 4) is 0 Å². The van der Waals surface area contributed by atoms with Crippen LogP contribution in [0.4, 0.5) is 5.69 Å². The van der Waals surface area contributed by atoms with E-state index in [0.717, 1.165) is 11.1 Å². The van der Waals surface area contributed by atoms with Gasteiger partial charge in [0.05, 0.1) is 11.1 Å². The number of nitrogens with one attached hydrogen (secondary N) is 2. The Balaban J connectivity index is 1.65. The molecule has 0 saturated carbocycles. The predicted octanol–water partition coefficient (Wildman–Crippen LogP) is 4.43. The minimum absolute atomic E-state index is 0.124. The highest BCUT2D eigenvalue weighted by Crippen LogP contribution is 2.15. The summed E-state index contributed by atoms with van der Waals surface area (Å²) in [4.78, 5) is 35.7. The van der Waals surface area contributed by atoms with Gasteiger partial charge in [-0.05, 0) is 35.4 Å². The van der Waals surface area contributed by atoms with Crippen molar-refractivity contribution in [2.75, 3.05) is 5.75 Å². The molecule has 0 radical (unpaired) electrons. The Morgan fingerprint density at radius 1 is 1.03 bits per heavy atom. The molecule has 0 spiro atoms. The van der Waals surface area contributed by atoms with Crippen molar-refractivity contribution in [2.45, 2.75) is 11.8 Å². The van der Waals surface area contributed by atoms with Crippen LogP contribution in [-0.4, -0.2) is 34.7 Å². The lowest BCUT2D eigenvalue weighted by Gasteiger charge is -2.17. The van der Waals surface area contributed by atoms with Crippen LogP contribution in [0, 0.1) is 10.1 Å². The van der Waals surface area contributed by atoms with E-state index in [1.807, 2.05) is 30.3 Å². The third-order valence-electron chi connectivity index (χ3n) is 4.62. The monoisotopic (exact) mass is 496 g/mol. The summed E-state index contributed by atoms with van der Waals surface area (Å²) in [6, 6.07) is 21.0. The fraction of sp³-hybridized carbons (Fsp3) is 0.125. The lowest BCUT2D eigenvalue weighted by atomic mass is 10.2. The van der Waals surface area contributed by atoms with Crippen molar-refractivity contribution in [2.24, 2.45) is 5.10 Å². The van der Waals surface area contributed by atoms with Gasteiger partial charge in [0.1, 0.15) is 6.04 Å². The molecule has 0 fully saturated rings. The molecule has 0 saturated heterocycles. The van der Waals surface area contributed by atoms with E-state index >= 15 is 0 Å². The number of nitro groups is 1. The second-order valence-corrected chi connectivity index (χ2v) is 8.58. The van der Waals surface area contributed by atoms with E-state index in [4.69, 9.17) is 11.6 Å². The quantitative estimate of drug-likeness (QED) is 0.245. The van der Waals surface area contributed by atoms with Crippen LogP contribution in [-0.2, 0) is 10.5 Å². The topological polar surface area (TPSA) is 114 Å². The van der Waals surface area contributed by atoms with Gasteiger partial charge in [-0.25, -0.2) is 5.43 Å². The van der Waals surface area contributed by atoms with Crippen molar-refractivity contribution in [3.05, 3.63) is 111 Å². The summed E-state index contributed by atoms with van der Waals surface area (Å²) in [5.74, 6) is -0.0415. The summed E-state index contributed by atoms with van der Waals surface area (Å²) in [5.41, 5.74) is 4.38. The molecule has 0 bridgehead atoms. The number of hydrazone groups is 1. The molecule has 2 N–H and O–H groups in total. The normalized spacial score (nSPS) is 11.7. The Labute approximate surface area is 205 Å². The number of thioether (sulfide) groups is 1. The number of benzene rings is 3. The van der Waals surface area contributed by atoms with E-state index in [9.17, 15) is 19.7 Å². The molecule has 1 unspecified atom stereocenters. The summed E-state index contributed by atoms with van der Waals surface area (Å²) in [6.45, 7) is 0. The molecule has 0 heterocycles. The average molecular weight is 497 g/mol. The molecule has 174 valence electrons. The van der Waals surface area contributed by atoms with Crippen LogP contribution in [0.25, 0.3) is 0 Å². The third kappa shape index (κ3) is 7.72. The maximum atomic E-state index is 12.8. The molecule has 3 aromatic rings. The standard InChI is InChI=1S/C24H21ClN4O4S/c25-20-10-6-17(7-11-20)14-26-28-24(31)22(16-34-15-18-4-2-1-3-5-18)27-23(30)19-8-12-21(13-9-19)29(32)33/h1-14,22H,15-16H2,(H,27,30)(H,28,31)/b26-14+. The summed E-state index contributed by atoms with van der Waals surface area (Å²) >= 11 is 7.35. The number of hydrogen-bond donors (Lipinski definition) is 2. The van der Waals surface area contributed by atoms with Crippen LogP contribution in [0.3, 0.4) is 0 Å². The number of nitrogens with zero attached hydrogens (tertiary/aromatic N) is 2. The van der Waals surface area contributed by atoms with E-state index in [-0.39, 0.29) is 11.3 Å². The molecule has 34 heavy (non-hydrogen) atoms. The first-order chi connectivity index (χ1) is 16.4. The highest BCUT2D eigenvalue weighted by molar-refractivity contribution is 7.98. The van der Waals surface area contributed by atoms with Gasteiger partial charge >= 0.3 is 0 Å². The van der Waals surface area contributed by atoms with E-state index in [1.165, 1.54) is 42.2 Å². The van der Waals surface area contributed by atoms with Gasteiger partial charge in [0, 0.05) is 34.2 Å². The summed E-state index contributed by atoms with van der Waals surface area (Å²) in [6.07, 6.45) is 1.47. The Kier molecular flexibility index (Phi) is 9.19. The van der Waals surface area contributed by atoms with Crippen LogP contribution in [0.5, 0.6) is 0 Å². The van der Waals surface area contributed by atoms with Crippen molar-refractivity contribution in [1.82, 2.24) is 10.7 Å². The smallest absolute Gasteiger partial charge is 0.269 e. The van der Waals surface area contributed by atoms with Gasteiger partial charge in [0.2, 0.25) is 0 Å². The molecular formula is C24H21ClN4O4S. The van der Waals surface area contributed by atoms with Crippen LogP contribution >= 0.6 is 23.4 Å². The molecule has 3 aromatic carbocycles. The highest BCUT2D eigenvalue weighted by Gasteiger charge is 2.22. The minimum atomic E-state index is -0.876. The third-order valence-corrected chi connectivity index (χ3v) is 5.98. The molecule has 10 heteroatoms. The highest BCUT2D eigenvalue weighted by atomic mass is 35.5. The number of carbonyl (C=O) groups excluding carboxylic acids is 2. The van der Waals surface area contributed by atoms with Gasteiger partial charge in [-0.2, -0.15) is 16.9 Å². The van der Waals surface area contributed by atoms with Gasteiger partial charge in [0.15, 0.2) is 0 Å². The fourth-order valence-corrected chi connectivity index (χ4v) is 3.97. The Morgan fingerprint density at radius 2 is 1.71 bits per heavy atom. The Morgan fingerprint density at radius 3 is 2.35 bits per heavy atom. The average Bonchev–Trinajstić information content (AvgIpc) is 2.85. The predicted molar refractivity (Wildman–Crippen MR) is 134 cm³/mol. The van der Waals surface area contributed by atoms with Crippen molar-refractivity contribution >= 4 is 47.1 Å². The summed E-state index contributed by atoms with van der Waals surface area (Å²) < 4.78 is 0. The van der Waals surface area contributed by atoms with Crippen LogP contribution in [0.2, 0.25) is 5.02 Å². The number of non-ortho nitro benzene ring substituents is 1. The molecule has 3 rings (SSSR count). The van der Waals surface area contributed by atoms with E-state index in [0.29, 0.717) is 16.5 Å². The SMILES string of the molecule is O=C(NC(CSCc1ccccc1)C(=O)N/N=C/c1ccc(Cl)cc1)c1ccc([N+](=O)[O-])cc1. The van der Waals surface area contributed by atoms with Crippen molar-refractivity contribution in [1.29, 1.82) is 0 Å². The van der Waals surface area contributed by atoms with Crippen LogP contribution < -0.4 is 10.7 Å². The van der Waals surface area contributed by atoms with Crippen LogP contribution in [0.1, 0.15) is 21.5 Å². The number of carbonyl (C=O) groups is 2. The van der Waals surface area contributed by atoms with E-state index in [1.54, 1.807) is 24.3 Å². The van der Waals surface area contributed by atoms with Crippen LogP contribution in [0.15, 0.2) is 84.0 Å². The van der Waals surface area contributed by atoms with Gasteiger partial charge in [-0.1, -0.05) is 54.1 Å². The zero-order valence-corrected chi connectivity index (χ0v) is 19.5. The fourth-order valence-electron chi connectivity index (χ4n) is 2.83. The zero-order valence-electron chi connectivity index (χ0n) is 17.9. The largest absolute Gasteiger partial charge is 0.339 e. The summed E-state index contributed by atoms with van der Waals surface area (Å²) in [5, 5.41) is 18.1. The zero-order chi connectivity index (χ0) is 24.3. The first kappa shape index (κ1) is 24.9. The number of hydrogen-bond acceptors (Lipinski definition) is 6. The van der Waals surface area contributed by atoms with Crippen molar-refractivity contribution in [3.63, 3.8) is 0 Å². The maximum absolute atomic E-state index is 12.8. The molecule has 0 aromatic heterocycles. The molecular weight excluding hydrogens is 476 g/mol. The number of rotatable bonds is 10.